The molecule has 6 heteroatoms. The van der Waals surface area contributed by atoms with E-state index in [1.54, 1.807) is 12.0 Å². The maximum Gasteiger partial charge on any atom is 0.228 e. The number of hydrogen-bond acceptors (Lipinski definition) is 4. The predicted octanol–water partition coefficient (Wildman–Crippen LogP) is 1.94. The van der Waals surface area contributed by atoms with Crippen LogP contribution in [0.3, 0.4) is 0 Å². The van der Waals surface area contributed by atoms with Crippen molar-refractivity contribution in [2.75, 3.05) is 31.6 Å². The summed E-state index contributed by atoms with van der Waals surface area (Å²) in [5.41, 5.74) is 7.84. The number of nitrogens with zero attached hydrogens (tertiary/aromatic N) is 2. The van der Waals surface area contributed by atoms with Crippen LogP contribution in [0.5, 0.6) is 5.75 Å². The van der Waals surface area contributed by atoms with Crippen LogP contribution in [-0.2, 0) is 9.59 Å². The van der Waals surface area contributed by atoms with E-state index in [9.17, 15) is 9.59 Å². The van der Waals surface area contributed by atoms with Crippen LogP contribution < -0.4 is 15.4 Å². The topological polar surface area (TPSA) is 75.9 Å². The van der Waals surface area contributed by atoms with Gasteiger partial charge in [0.15, 0.2) is 0 Å². The molecule has 26 heavy (non-hydrogen) atoms. The minimum atomic E-state index is -0.292. The van der Waals surface area contributed by atoms with E-state index >= 15 is 0 Å². The SMILES string of the molecule is COc1ccc(C)cc1N1CC(C(=O)N2CCCC(C(C)N)C2)CC1=O. The third-order valence-electron chi connectivity index (χ3n) is 5.61. The minimum absolute atomic E-state index is 0.0204. The summed E-state index contributed by atoms with van der Waals surface area (Å²) in [5, 5.41) is 0. The van der Waals surface area contributed by atoms with Crippen molar-refractivity contribution >= 4 is 17.5 Å². The summed E-state index contributed by atoms with van der Waals surface area (Å²) in [6, 6.07) is 5.85. The monoisotopic (exact) mass is 359 g/mol. The first kappa shape index (κ1) is 18.7. The van der Waals surface area contributed by atoms with Gasteiger partial charge in [-0.25, -0.2) is 0 Å². The fourth-order valence-corrected chi connectivity index (χ4v) is 4.01. The quantitative estimate of drug-likeness (QED) is 0.891. The molecule has 6 nitrogen and oxygen atoms in total. The number of rotatable bonds is 4. The maximum atomic E-state index is 13.0. The fourth-order valence-electron chi connectivity index (χ4n) is 4.01. The van der Waals surface area contributed by atoms with E-state index < -0.39 is 0 Å². The summed E-state index contributed by atoms with van der Waals surface area (Å²) in [4.78, 5) is 29.2. The van der Waals surface area contributed by atoms with Gasteiger partial charge in [-0.1, -0.05) is 6.07 Å². The Balaban J connectivity index is 1.73. The lowest BCUT2D eigenvalue weighted by atomic mass is 9.91. The number of methoxy groups -OCH3 is 1. The molecule has 2 saturated heterocycles. The van der Waals surface area contributed by atoms with E-state index in [-0.39, 0.29) is 30.2 Å². The van der Waals surface area contributed by atoms with Crippen molar-refractivity contribution in [3.8, 4) is 5.75 Å². The Hall–Kier alpha value is -2.08. The number of likely N-dealkylation sites (tertiary alicyclic amines) is 1. The maximum absolute atomic E-state index is 13.0. The average molecular weight is 359 g/mol. The van der Waals surface area contributed by atoms with Crippen molar-refractivity contribution in [2.24, 2.45) is 17.6 Å². The third-order valence-corrected chi connectivity index (χ3v) is 5.61. The number of anilines is 1. The first-order chi connectivity index (χ1) is 12.4. The summed E-state index contributed by atoms with van der Waals surface area (Å²) in [6.07, 6.45) is 2.31. The standard InChI is InChI=1S/C20H29N3O3/c1-13-6-7-18(26-3)17(9-13)23-12-16(10-19(23)24)20(25)22-8-4-5-15(11-22)14(2)21/h6-7,9,14-16H,4-5,8,10-12,21H2,1-3H3. The Morgan fingerprint density at radius 1 is 1.35 bits per heavy atom. The van der Waals surface area contributed by atoms with E-state index in [1.165, 1.54) is 0 Å². The molecular weight excluding hydrogens is 330 g/mol. The lowest BCUT2D eigenvalue weighted by Gasteiger charge is -2.35. The average Bonchev–Trinajstić information content (AvgIpc) is 3.02. The molecule has 1 aromatic carbocycles. The Morgan fingerprint density at radius 3 is 2.81 bits per heavy atom. The molecule has 3 atom stereocenters. The highest BCUT2D eigenvalue weighted by atomic mass is 16.5. The van der Waals surface area contributed by atoms with Crippen LogP contribution in [0.15, 0.2) is 18.2 Å². The predicted molar refractivity (Wildman–Crippen MR) is 101 cm³/mol. The Labute approximate surface area is 155 Å². The fraction of sp³-hybridized carbons (Fsp3) is 0.600. The first-order valence-electron chi connectivity index (χ1n) is 9.40. The number of carbonyl (C=O) groups is 2. The van der Waals surface area contributed by atoms with Crippen LogP contribution in [0, 0.1) is 18.8 Å². The van der Waals surface area contributed by atoms with Gasteiger partial charge >= 0.3 is 0 Å². The molecule has 3 rings (SSSR count). The Kier molecular flexibility index (Phi) is 5.51. The number of hydrogen-bond donors (Lipinski definition) is 1. The highest BCUT2D eigenvalue weighted by molar-refractivity contribution is 6.01. The molecular formula is C20H29N3O3. The Morgan fingerprint density at radius 2 is 2.12 bits per heavy atom. The zero-order chi connectivity index (χ0) is 18.8. The van der Waals surface area contributed by atoms with Crippen LogP contribution in [-0.4, -0.2) is 49.5 Å². The van der Waals surface area contributed by atoms with Gasteiger partial charge in [0.25, 0.3) is 0 Å². The van der Waals surface area contributed by atoms with Gasteiger partial charge in [-0.2, -0.15) is 0 Å². The molecule has 2 aliphatic heterocycles. The van der Waals surface area contributed by atoms with E-state index in [1.807, 2.05) is 36.9 Å². The molecule has 0 radical (unpaired) electrons. The molecule has 0 spiro atoms. The van der Waals surface area contributed by atoms with Gasteiger partial charge in [0.2, 0.25) is 11.8 Å². The number of aryl methyl sites for hydroxylation is 1. The summed E-state index contributed by atoms with van der Waals surface area (Å²) in [7, 11) is 1.60. The van der Waals surface area contributed by atoms with Crippen LogP contribution in [0.4, 0.5) is 5.69 Å². The van der Waals surface area contributed by atoms with Gasteiger partial charge in [-0.05, 0) is 50.3 Å². The third kappa shape index (κ3) is 3.70. The normalized spacial score (nSPS) is 24.7. The molecule has 2 heterocycles. The largest absolute Gasteiger partial charge is 0.495 e. The van der Waals surface area contributed by atoms with Gasteiger partial charge in [0.05, 0.1) is 18.7 Å². The summed E-state index contributed by atoms with van der Waals surface area (Å²) in [6.45, 7) is 5.86. The van der Waals surface area contributed by atoms with Gasteiger partial charge in [0.1, 0.15) is 5.75 Å². The van der Waals surface area contributed by atoms with Crippen molar-refractivity contribution in [3.05, 3.63) is 23.8 Å². The second-order valence-electron chi connectivity index (χ2n) is 7.63. The van der Waals surface area contributed by atoms with Crippen LogP contribution in [0.1, 0.15) is 31.7 Å². The molecule has 3 unspecified atom stereocenters. The van der Waals surface area contributed by atoms with Crippen LogP contribution >= 0.6 is 0 Å². The Bertz CT molecular complexity index is 689. The second-order valence-corrected chi connectivity index (χ2v) is 7.63. The summed E-state index contributed by atoms with van der Waals surface area (Å²) < 4.78 is 5.41. The highest BCUT2D eigenvalue weighted by Crippen LogP contribution is 2.34. The zero-order valence-electron chi connectivity index (χ0n) is 15.9. The van der Waals surface area contributed by atoms with E-state index in [4.69, 9.17) is 10.5 Å². The molecule has 0 bridgehead atoms. The molecule has 0 aromatic heterocycles. The van der Waals surface area contributed by atoms with Crippen molar-refractivity contribution in [2.45, 2.75) is 39.2 Å². The number of ether oxygens (including phenoxy) is 1. The van der Waals surface area contributed by atoms with E-state index in [0.717, 1.165) is 30.6 Å². The molecule has 142 valence electrons. The van der Waals surface area contributed by atoms with Crippen molar-refractivity contribution in [1.29, 1.82) is 0 Å². The summed E-state index contributed by atoms with van der Waals surface area (Å²) >= 11 is 0. The highest BCUT2D eigenvalue weighted by Gasteiger charge is 2.39. The first-order valence-corrected chi connectivity index (χ1v) is 9.40. The van der Waals surface area contributed by atoms with Gasteiger partial charge in [0, 0.05) is 32.1 Å². The van der Waals surface area contributed by atoms with Crippen molar-refractivity contribution in [3.63, 3.8) is 0 Å². The second kappa shape index (κ2) is 7.66. The van der Waals surface area contributed by atoms with E-state index in [0.29, 0.717) is 24.8 Å². The lowest BCUT2D eigenvalue weighted by Crippen LogP contribution is -2.47. The van der Waals surface area contributed by atoms with Crippen molar-refractivity contribution < 1.29 is 14.3 Å². The number of benzene rings is 1. The molecule has 1 aromatic rings. The molecule has 0 saturated carbocycles. The summed E-state index contributed by atoms with van der Waals surface area (Å²) in [5.74, 6) is 0.773. The van der Waals surface area contributed by atoms with Crippen molar-refractivity contribution in [1.82, 2.24) is 4.90 Å². The number of nitrogens with two attached hydrogens (primary N) is 1. The minimum Gasteiger partial charge on any atom is -0.495 e. The van der Waals surface area contributed by atoms with Gasteiger partial charge < -0.3 is 20.3 Å². The van der Waals surface area contributed by atoms with Gasteiger partial charge in [-0.15, -0.1) is 0 Å². The zero-order valence-corrected chi connectivity index (χ0v) is 15.9. The lowest BCUT2D eigenvalue weighted by molar-refractivity contribution is -0.137. The molecule has 2 amide bonds. The van der Waals surface area contributed by atoms with Gasteiger partial charge in [-0.3, -0.25) is 9.59 Å². The number of carbonyl (C=O) groups excluding carboxylic acids is 2. The molecule has 0 aliphatic carbocycles. The smallest absolute Gasteiger partial charge is 0.228 e. The number of piperidine rings is 1. The molecule has 2 N–H and O–H groups in total. The van der Waals surface area contributed by atoms with Crippen LogP contribution in [0.2, 0.25) is 0 Å². The van der Waals surface area contributed by atoms with E-state index in [2.05, 4.69) is 0 Å². The number of amides is 2. The molecule has 2 aliphatic rings. The molecule has 2 fully saturated rings. The van der Waals surface area contributed by atoms with Crippen LogP contribution in [0.25, 0.3) is 0 Å².